The van der Waals surface area contributed by atoms with Crippen molar-refractivity contribution in [3.8, 4) is 0 Å². The first kappa shape index (κ1) is 8.42. The van der Waals surface area contributed by atoms with Crippen LogP contribution in [0.4, 0.5) is 0 Å². The number of carbonyl (C=O) groups excluding carboxylic acids is 1. The number of rotatable bonds is 2. The second-order valence-corrected chi connectivity index (χ2v) is 4.54. The van der Waals surface area contributed by atoms with Crippen LogP contribution in [0, 0.1) is 23.7 Å². The first-order valence-electron chi connectivity index (χ1n) is 5.23. The molecule has 0 aliphatic heterocycles. The van der Waals surface area contributed by atoms with Crippen molar-refractivity contribution in [1.82, 2.24) is 0 Å². The van der Waals surface area contributed by atoms with Gasteiger partial charge in [0.1, 0.15) is 0 Å². The van der Waals surface area contributed by atoms with Gasteiger partial charge in [-0.3, -0.25) is 4.79 Å². The van der Waals surface area contributed by atoms with E-state index in [2.05, 4.69) is 18.2 Å². The van der Waals surface area contributed by atoms with E-state index in [1.54, 1.807) is 7.11 Å². The highest BCUT2D eigenvalue weighted by Crippen LogP contribution is 2.52. The number of hydrogen-bond donors (Lipinski definition) is 0. The minimum atomic E-state index is 0.259. The van der Waals surface area contributed by atoms with Gasteiger partial charge >= 0.3 is 0 Å². The fraction of sp³-hybridized carbons (Fsp3) is 0.583. The summed E-state index contributed by atoms with van der Waals surface area (Å²) in [5, 5.41) is 0. The van der Waals surface area contributed by atoms with Gasteiger partial charge in [0.15, 0.2) is 5.78 Å². The van der Waals surface area contributed by atoms with E-state index in [-0.39, 0.29) is 5.92 Å². The molecular formula is C12H14O2. The van der Waals surface area contributed by atoms with Crippen LogP contribution in [0.3, 0.4) is 0 Å². The van der Waals surface area contributed by atoms with Crippen LogP contribution >= 0.6 is 0 Å². The van der Waals surface area contributed by atoms with Gasteiger partial charge in [0.2, 0.25) is 0 Å². The van der Waals surface area contributed by atoms with Crippen molar-refractivity contribution in [2.75, 3.05) is 13.7 Å². The van der Waals surface area contributed by atoms with E-state index >= 15 is 0 Å². The molecule has 3 aliphatic rings. The lowest BCUT2D eigenvalue weighted by molar-refractivity contribution is -0.120. The molecule has 0 amide bonds. The number of ether oxygens (including phenoxy) is 1. The molecule has 1 saturated carbocycles. The van der Waals surface area contributed by atoms with Gasteiger partial charge in [-0.05, 0) is 24.2 Å². The predicted octanol–water partition coefficient (Wildman–Crippen LogP) is 1.58. The summed E-state index contributed by atoms with van der Waals surface area (Å²) < 4.78 is 5.04. The van der Waals surface area contributed by atoms with Gasteiger partial charge in [0.05, 0.1) is 6.61 Å². The maximum Gasteiger partial charge on any atom is 0.165 e. The molecule has 0 heterocycles. The van der Waals surface area contributed by atoms with Crippen molar-refractivity contribution in [1.29, 1.82) is 0 Å². The molecular weight excluding hydrogens is 176 g/mol. The summed E-state index contributed by atoms with van der Waals surface area (Å²) in [6.07, 6.45) is 7.86. The Bertz CT molecular complexity index is 340. The van der Waals surface area contributed by atoms with E-state index < -0.39 is 0 Å². The molecule has 74 valence electrons. The molecule has 2 bridgehead atoms. The van der Waals surface area contributed by atoms with Gasteiger partial charge in [-0.2, -0.15) is 0 Å². The first-order chi connectivity index (χ1) is 6.81. The predicted molar refractivity (Wildman–Crippen MR) is 52.7 cm³/mol. The average molecular weight is 190 g/mol. The van der Waals surface area contributed by atoms with E-state index in [4.69, 9.17) is 4.74 Å². The Balaban J connectivity index is 1.90. The smallest absolute Gasteiger partial charge is 0.165 e. The molecule has 3 aliphatic carbocycles. The maximum atomic E-state index is 12.0. The lowest BCUT2D eigenvalue weighted by Crippen LogP contribution is -2.22. The molecule has 0 spiro atoms. The van der Waals surface area contributed by atoms with Crippen molar-refractivity contribution in [2.24, 2.45) is 23.7 Å². The number of Topliss-reactive ketones (excluding diaryl/α,β-unsaturated/α-hetero) is 1. The molecule has 0 saturated heterocycles. The molecule has 0 unspecified atom stereocenters. The van der Waals surface area contributed by atoms with Gasteiger partial charge in [-0.25, -0.2) is 0 Å². The number of carbonyl (C=O) groups is 1. The summed E-state index contributed by atoms with van der Waals surface area (Å²) in [6.45, 7) is 0.491. The average Bonchev–Trinajstić information content (AvgIpc) is 2.81. The van der Waals surface area contributed by atoms with Gasteiger partial charge in [0, 0.05) is 18.6 Å². The zero-order valence-corrected chi connectivity index (χ0v) is 8.27. The number of methoxy groups -OCH3 is 1. The Hall–Kier alpha value is -0.890. The molecule has 0 N–H and O–H groups in total. The summed E-state index contributed by atoms with van der Waals surface area (Å²) in [6, 6.07) is 0. The highest BCUT2D eigenvalue weighted by atomic mass is 16.5. The lowest BCUT2D eigenvalue weighted by atomic mass is 9.85. The van der Waals surface area contributed by atoms with E-state index in [9.17, 15) is 4.79 Å². The molecule has 4 atom stereocenters. The monoisotopic (exact) mass is 190 g/mol. The van der Waals surface area contributed by atoms with Crippen molar-refractivity contribution >= 4 is 5.78 Å². The van der Waals surface area contributed by atoms with Crippen LogP contribution in [0.15, 0.2) is 23.8 Å². The van der Waals surface area contributed by atoms with Gasteiger partial charge in [-0.15, -0.1) is 0 Å². The SMILES string of the molecule is COCC1=C[C@@H]2[C@H](C1=O)[C@@H]1C=C[C@H]2C1. The second-order valence-electron chi connectivity index (χ2n) is 4.54. The summed E-state index contributed by atoms with van der Waals surface area (Å²) >= 11 is 0. The minimum absolute atomic E-state index is 0.259. The number of fused-ring (bicyclic) bond motifs is 5. The Morgan fingerprint density at radius 1 is 1.43 bits per heavy atom. The fourth-order valence-corrected chi connectivity index (χ4v) is 3.26. The minimum Gasteiger partial charge on any atom is -0.380 e. The van der Waals surface area contributed by atoms with Gasteiger partial charge in [0.25, 0.3) is 0 Å². The van der Waals surface area contributed by atoms with Crippen LogP contribution in [0.1, 0.15) is 6.42 Å². The Morgan fingerprint density at radius 2 is 2.21 bits per heavy atom. The fourth-order valence-electron chi connectivity index (χ4n) is 3.26. The Morgan fingerprint density at radius 3 is 2.93 bits per heavy atom. The molecule has 0 aromatic rings. The highest BCUT2D eigenvalue weighted by molar-refractivity contribution is 6.01. The molecule has 2 nitrogen and oxygen atoms in total. The molecule has 0 radical (unpaired) electrons. The summed E-state index contributed by atoms with van der Waals surface area (Å²) in [7, 11) is 1.65. The molecule has 1 fully saturated rings. The van der Waals surface area contributed by atoms with Crippen molar-refractivity contribution in [2.45, 2.75) is 6.42 Å². The van der Waals surface area contributed by atoms with Crippen LogP contribution in [0.2, 0.25) is 0 Å². The quantitative estimate of drug-likeness (QED) is 0.618. The molecule has 0 aromatic carbocycles. The molecule has 3 rings (SSSR count). The van der Waals surface area contributed by atoms with Crippen LogP contribution in [-0.4, -0.2) is 19.5 Å². The Labute approximate surface area is 83.6 Å². The van der Waals surface area contributed by atoms with Gasteiger partial charge in [-0.1, -0.05) is 18.2 Å². The van der Waals surface area contributed by atoms with Crippen molar-refractivity contribution in [3.05, 3.63) is 23.8 Å². The third kappa shape index (κ3) is 0.921. The standard InChI is InChI=1S/C12H14O2/c1-14-6-9-5-10-7-2-3-8(4-7)11(10)12(9)13/h2-3,5,7-8,10-11H,4,6H2,1H3/t7-,8+,10-,11+/m0/s1. The van der Waals surface area contributed by atoms with Crippen molar-refractivity contribution < 1.29 is 9.53 Å². The van der Waals surface area contributed by atoms with E-state index in [1.807, 2.05) is 0 Å². The van der Waals surface area contributed by atoms with E-state index in [0.29, 0.717) is 30.1 Å². The lowest BCUT2D eigenvalue weighted by Gasteiger charge is -2.17. The molecule has 0 aromatic heterocycles. The summed E-state index contributed by atoms with van der Waals surface area (Å²) in [5.74, 6) is 2.23. The zero-order chi connectivity index (χ0) is 9.71. The van der Waals surface area contributed by atoms with E-state index in [0.717, 1.165) is 5.57 Å². The summed E-state index contributed by atoms with van der Waals surface area (Å²) in [5.41, 5.74) is 0.904. The molecule has 14 heavy (non-hydrogen) atoms. The number of ketones is 1. The number of allylic oxidation sites excluding steroid dienone is 3. The van der Waals surface area contributed by atoms with Crippen LogP contribution in [0.5, 0.6) is 0 Å². The third-order valence-corrected chi connectivity index (χ3v) is 3.83. The van der Waals surface area contributed by atoms with Crippen LogP contribution in [-0.2, 0) is 9.53 Å². The maximum absolute atomic E-state index is 12.0. The second kappa shape index (κ2) is 2.80. The first-order valence-corrected chi connectivity index (χ1v) is 5.23. The summed E-state index contributed by atoms with van der Waals surface area (Å²) in [4.78, 5) is 12.0. The van der Waals surface area contributed by atoms with Crippen LogP contribution < -0.4 is 0 Å². The number of hydrogen-bond acceptors (Lipinski definition) is 2. The highest BCUT2D eigenvalue weighted by Gasteiger charge is 2.50. The third-order valence-electron chi connectivity index (χ3n) is 3.83. The van der Waals surface area contributed by atoms with E-state index in [1.165, 1.54) is 6.42 Å². The molecule has 2 heteroatoms. The Kier molecular flexibility index (Phi) is 1.68. The van der Waals surface area contributed by atoms with Crippen molar-refractivity contribution in [3.63, 3.8) is 0 Å². The zero-order valence-electron chi connectivity index (χ0n) is 8.27. The normalized spacial score (nSPS) is 43.2. The van der Waals surface area contributed by atoms with Crippen LogP contribution in [0.25, 0.3) is 0 Å². The van der Waals surface area contributed by atoms with Gasteiger partial charge < -0.3 is 4.74 Å². The largest absolute Gasteiger partial charge is 0.380 e. The topological polar surface area (TPSA) is 26.3 Å².